The normalized spacial score (nSPS) is 10.0. The monoisotopic (exact) mass is 232 g/mol. The van der Waals surface area contributed by atoms with Gasteiger partial charge >= 0.3 is 5.97 Å². The molecule has 2 aromatic rings. The summed E-state index contributed by atoms with van der Waals surface area (Å²) in [6, 6.07) is 9.14. The van der Waals surface area contributed by atoms with Crippen LogP contribution in [0.1, 0.15) is 10.6 Å². The second-order valence-electron chi connectivity index (χ2n) is 3.39. The van der Waals surface area contributed by atoms with E-state index in [1.165, 1.54) is 13.4 Å². The number of para-hydroxylation sites is 1. The summed E-state index contributed by atoms with van der Waals surface area (Å²) in [4.78, 5) is 11.3. The third-order valence-corrected chi connectivity index (χ3v) is 2.40. The van der Waals surface area contributed by atoms with Crippen LogP contribution in [0.25, 0.3) is 11.1 Å². The van der Waals surface area contributed by atoms with E-state index in [1.54, 1.807) is 13.2 Å². The molecule has 4 nitrogen and oxygen atoms in total. The second-order valence-corrected chi connectivity index (χ2v) is 3.39. The van der Waals surface area contributed by atoms with Crippen molar-refractivity contribution in [3.8, 4) is 16.9 Å². The SMILES string of the molecule is COC(=O)c1cc(-c2ccccc2OC)co1. The van der Waals surface area contributed by atoms with Crippen LogP contribution in [0.5, 0.6) is 5.75 Å². The molecule has 0 aliphatic heterocycles. The molecule has 1 aromatic carbocycles. The Labute approximate surface area is 98.8 Å². The van der Waals surface area contributed by atoms with Gasteiger partial charge in [0.15, 0.2) is 0 Å². The highest BCUT2D eigenvalue weighted by Gasteiger charge is 2.14. The zero-order valence-electron chi connectivity index (χ0n) is 9.60. The lowest BCUT2D eigenvalue weighted by atomic mass is 10.1. The number of hydrogen-bond donors (Lipinski definition) is 0. The third kappa shape index (κ3) is 2.15. The largest absolute Gasteiger partial charge is 0.496 e. The number of methoxy groups -OCH3 is 2. The molecule has 0 aliphatic carbocycles. The molecular formula is C13H12O4. The predicted molar refractivity (Wildman–Crippen MR) is 62.0 cm³/mol. The summed E-state index contributed by atoms with van der Waals surface area (Å²) in [6.07, 6.45) is 1.50. The van der Waals surface area contributed by atoms with Crippen molar-refractivity contribution in [1.82, 2.24) is 0 Å². The first-order chi connectivity index (χ1) is 8.26. The fourth-order valence-corrected chi connectivity index (χ4v) is 1.57. The summed E-state index contributed by atoms with van der Waals surface area (Å²) in [6.45, 7) is 0. The van der Waals surface area contributed by atoms with Gasteiger partial charge in [0, 0.05) is 11.1 Å². The van der Waals surface area contributed by atoms with E-state index < -0.39 is 5.97 Å². The summed E-state index contributed by atoms with van der Waals surface area (Å²) < 4.78 is 15.0. The molecule has 0 fully saturated rings. The first-order valence-electron chi connectivity index (χ1n) is 5.06. The minimum absolute atomic E-state index is 0.174. The number of carbonyl (C=O) groups is 1. The van der Waals surface area contributed by atoms with Crippen LogP contribution in [-0.2, 0) is 4.74 Å². The van der Waals surface area contributed by atoms with Crippen molar-refractivity contribution in [1.29, 1.82) is 0 Å². The van der Waals surface area contributed by atoms with Crippen molar-refractivity contribution < 1.29 is 18.7 Å². The number of rotatable bonds is 3. The minimum Gasteiger partial charge on any atom is -0.496 e. The van der Waals surface area contributed by atoms with Crippen LogP contribution in [0.2, 0.25) is 0 Å². The lowest BCUT2D eigenvalue weighted by Crippen LogP contribution is -1.98. The average Bonchev–Trinajstić information content (AvgIpc) is 2.87. The molecule has 0 spiro atoms. The second kappa shape index (κ2) is 4.74. The molecular weight excluding hydrogens is 220 g/mol. The Hall–Kier alpha value is -2.23. The molecule has 0 radical (unpaired) electrons. The Kier molecular flexibility index (Phi) is 3.14. The zero-order valence-corrected chi connectivity index (χ0v) is 9.60. The van der Waals surface area contributed by atoms with E-state index in [9.17, 15) is 4.79 Å². The van der Waals surface area contributed by atoms with E-state index in [-0.39, 0.29) is 5.76 Å². The van der Waals surface area contributed by atoms with Crippen molar-refractivity contribution >= 4 is 5.97 Å². The Balaban J connectivity index is 2.40. The van der Waals surface area contributed by atoms with Gasteiger partial charge in [0.05, 0.1) is 20.5 Å². The molecule has 0 aliphatic rings. The van der Waals surface area contributed by atoms with Crippen LogP contribution in [-0.4, -0.2) is 20.2 Å². The lowest BCUT2D eigenvalue weighted by molar-refractivity contribution is 0.0565. The van der Waals surface area contributed by atoms with Gasteiger partial charge in [-0.1, -0.05) is 18.2 Å². The van der Waals surface area contributed by atoms with Crippen molar-refractivity contribution in [2.45, 2.75) is 0 Å². The maximum Gasteiger partial charge on any atom is 0.373 e. The number of benzene rings is 1. The van der Waals surface area contributed by atoms with Gasteiger partial charge in [-0.3, -0.25) is 0 Å². The highest BCUT2D eigenvalue weighted by atomic mass is 16.5. The quantitative estimate of drug-likeness (QED) is 0.763. The molecule has 4 heteroatoms. The van der Waals surface area contributed by atoms with Gasteiger partial charge in [-0.15, -0.1) is 0 Å². The number of esters is 1. The van der Waals surface area contributed by atoms with E-state index in [1.807, 2.05) is 24.3 Å². The molecule has 0 bridgehead atoms. The Morgan fingerprint density at radius 2 is 2.00 bits per heavy atom. The number of furan rings is 1. The topological polar surface area (TPSA) is 48.7 Å². The van der Waals surface area contributed by atoms with Crippen molar-refractivity contribution in [2.24, 2.45) is 0 Å². The molecule has 2 rings (SSSR count). The van der Waals surface area contributed by atoms with E-state index in [4.69, 9.17) is 9.15 Å². The Morgan fingerprint density at radius 3 is 2.71 bits per heavy atom. The molecule has 1 heterocycles. The maximum absolute atomic E-state index is 11.3. The first kappa shape index (κ1) is 11.3. The van der Waals surface area contributed by atoms with Gasteiger partial charge in [0.25, 0.3) is 0 Å². The smallest absolute Gasteiger partial charge is 0.373 e. The molecule has 0 atom stereocenters. The van der Waals surface area contributed by atoms with E-state index in [0.29, 0.717) is 0 Å². The van der Waals surface area contributed by atoms with Crippen LogP contribution in [0.4, 0.5) is 0 Å². The summed E-state index contributed by atoms with van der Waals surface area (Å²) in [7, 11) is 2.91. The fraction of sp³-hybridized carbons (Fsp3) is 0.154. The third-order valence-electron chi connectivity index (χ3n) is 2.40. The summed E-state index contributed by atoms with van der Waals surface area (Å²) in [5.41, 5.74) is 1.65. The number of hydrogen-bond acceptors (Lipinski definition) is 4. The van der Waals surface area contributed by atoms with Gasteiger partial charge in [-0.2, -0.15) is 0 Å². The Morgan fingerprint density at radius 1 is 1.24 bits per heavy atom. The molecule has 0 amide bonds. The summed E-state index contributed by atoms with van der Waals surface area (Å²) in [5.74, 6) is 0.407. The van der Waals surface area contributed by atoms with Crippen LogP contribution >= 0.6 is 0 Å². The lowest BCUT2D eigenvalue weighted by Gasteiger charge is -2.04. The van der Waals surface area contributed by atoms with Crippen molar-refractivity contribution in [3.05, 3.63) is 42.4 Å². The molecule has 0 saturated carbocycles. The molecule has 88 valence electrons. The molecule has 0 saturated heterocycles. The van der Waals surface area contributed by atoms with E-state index in [0.717, 1.165) is 16.9 Å². The van der Waals surface area contributed by atoms with Gasteiger partial charge in [0.1, 0.15) is 5.75 Å². The number of carbonyl (C=O) groups excluding carboxylic acids is 1. The van der Waals surface area contributed by atoms with Crippen molar-refractivity contribution in [3.63, 3.8) is 0 Å². The zero-order chi connectivity index (χ0) is 12.3. The van der Waals surface area contributed by atoms with E-state index >= 15 is 0 Å². The van der Waals surface area contributed by atoms with E-state index in [2.05, 4.69) is 4.74 Å². The molecule has 17 heavy (non-hydrogen) atoms. The van der Waals surface area contributed by atoms with Gasteiger partial charge < -0.3 is 13.9 Å². The first-order valence-corrected chi connectivity index (χ1v) is 5.06. The van der Waals surface area contributed by atoms with Crippen LogP contribution in [0.15, 0.2) is 41.0 Å². The van der Waals surface area contributed by atoms with Crippen molar-refractivity contribution in [2.75, 3.05) is 14.2 Å². The molecule has 0 N–H and O–H groups in total. The molecule has 1 aromatic heterocycles. The minimum atomic E-state index is -0.494. The van der Waals surface area contributed by atoms with Crippen LogP contribution in [0.3, 0.4) is 0 Å². The highest BCUT2D eigenvalue weighted by Crippen LogP contribution is 2.30. The van der Waals surface area contributed by atoms with Gasteiger partial charge in [0.2, 0.25) is 5.76 Å². The van der Waals surface area contributed by atoms with Gasteiger partial charge in [-0.05, 0) is 12.1 Å². The predicted octanol–water partition coefficient (Wildman–Crippen LogP) is 2.74. The standard InChI is InChI=1S/C13H12O4/c1-15-11-6-4-3-5-10(11)9-7-12(17-8-9)13(14)16-2/h3-8H,1-2H3. The molecule has 0 unspecified atom stereocenters. The highest BCUT2D eigenvalue weighted by molar-refractivity contribution is 5.88. The summed E-state index contributed by atoms with van der Waals surface area (Å²) in [5, 5.41) is 0. The maximum atomic E-state index is 11.3. The Bertz CT molecular complexity index is 528. The summed E-state index contributed by atoms with van der Waals surface area (Å²) >= 11 is 0. The fourth-order valence-electron chi connectivity index (χ4n) is 1.57. The number of ether oxygens (including phenoxy) is 2. The average molecular weight is 232 g/mol. The van der Waals surface area contributed by atoms with Crippen LogP contribution < -0.4 is 4.74 Å². The van der Waals surface area contributed by atoms with Gasteiger partial charge in [-0.25, -0.2) is 4.79 Å². The van der Waals surface area contributed by atoms with Crippen LogP contribution in [0, 0.1) is 0 Å².